The number of hydrogen-bond donors (Lipinski definition) is 2. The fraction of sp³-hybridized carbons (Fsp3) is 0.417. The zero-order valence-electron chi connectivity index (χ0n) is 18.0. The molecule has 164 valence electrons. The van der Waals surface area contributed by atoms with Gasteiger partial charge in [-0.2, -0.15) is 0 Å². The van der Waals surface area contributed by atoms with Crippen LogP contribution >= 0.6 is 0 Å². The van der Waals surface area contributed by atoms with Gasteiger partial charge in [0.15, 0.2) is 0 Å². The first-order valence-electron chi connectivity index (χ1n) is 11.1. The second-order valence-electron chi connectivity index (χ2n) is 7.96. The maximum atomic E-state index is 13.2. The summed E-state index contributed by atoms with van der Waals surface area (Å²) in [5.41, 5.74) is 2.91. The molecule has 0 aliphatic carbocycles. The van der Waals surface area contributed by atoms with E-state index in [-0.39, 0.29) is 11.9 Å². The zero-order valence-corrected chi connectivity index (χ0v) is 18.0. The lowest BCUT2D eigenvalue weighted by Gasteiger charge is -2.24. The Labute approximate surface area is 183 Å². The van der Waals surface area contributed by atoms with Crippen molar-refractivity contribution in [3.63, 3.8) is 0 Å². The average Bonchev–Trinajstić information content (AvgIpc) is 3.49. The van der Waals surface area contributed by atoms with E-state index in [4.69, 9.17) is 4.74 Å². The van der Waals surface area contributed by atoms with Crippen LogP contribution in [0.1, 0.15) is 43.0 Å². The number of ether oxygens (including phenoxy) is 1. The van der Waals surface area contributed by atoms with Crippen molar-refractivity contribution in [2.24, 2.45) is 0 Å². The number of urea groups is 1. The SMILES string of the molecule is CCOc1ccc(NC(=O)Nc2ccc(N3CCCC3)c(C(=O)N3CCCC3)c2)cc1. The summed E-state index contributed by atoms with van der Waals surface area (Å²) in [7, 11) is 0. The highest BCUT2D eigenvalue weighted by molar-refractivity contribution is 6.04. The highest BCUT2D eigenvalue weighted by Crippen LogP contribution is 2.29. The van der Waals surface area contributed by atoms with Gasteiger partial charge in [0.2, 0.25) is 0 Å². The van der Waals surface area contributed by atoms with Crippen LogP contribution in [0.5, 0.6) is 5.75 Å². The molecule has 0 bridgehead atoms. The molecule has 0 unspecified atom stereocenters. The number of benzene rings is 2. The fourth-order valence-electron chi connectivity index (χ4n) is 4.20. The summed E-state index contributed by atoms with van der Waals surface area (Å²) in [4.78, 5) is 29.9. The molecule has 0 saturated carbocycles. The molecule has 3 amide bonds. The van der Waals surface area contributed by atoms with E-state index in [0.29, 0.717) is 23.5 Å². The van der Waals surface area contributed by atoms with E-state index in [1.807, 2.05) is 42.2 Å². The number of carbonyl (C=O) groups excluding carboxylic acids is 2. The molecule has 2 aliphatic rings. The van der Waals surface area contributed by atoms with Gasteiger partial charge in [-0.15, -0.1) is 0 Å². The number of hydrogen-bond acceptors (Lipinski definition) is 4. The number of carbonyl (C=O) groups is 2. The molecule has 2 aromatic rings. The minimum absolute atomic E-state index is 0.0509. The van der Waals surface area contributed by atoms with Gasteiger partial charge in [0.05, 0.1) is 12.2 Å². The molecular formula is C24H30N4O3. The minimum atomic E-state index is -0.349. The van der Waals surface area contributed by atoms with Gasteiger partial charge in [-0.05, 0) is 75.1 Å². The van der Waals surface area contributed by atoms with Crippen molar-refractivity contribution < 1.29 is 14.3 Å². The second kappa shape index (κ2) is 9.73. The van der Waals surface area contributed by atoms with Crippen molar-refractivity contribution in [3.8, 4) is 5.75 Å². The summed E-state index contributed by atoms with van der Waals surface area (Å²) in [6.07, 6.45) is 4.38. The number of amides is 3. The molecule has 2 saturated heterocycles. The number of anilines is 3. The predicted octanol–water partition coefficient (Wildman–Crippen LogP) is 4.57. The normalized spacial score (nSPS) is 15.8. The van der Waals surface area contributed by atoms with Crippen molar-refractivity contribution in [3.05, 3.63) is 48.0 Å². The smallest absolute Gasteiger partial charge is 0.323 e. The van der Waals surface area contributed by atoms with E-state index < -0.39 is 0 Å². The molecule has 2 aromatic carbocycles. The summed E-state index contributed by atoms with van der Waals surface area (Å²) >= 11 is 0. The number of rotatable bonds is 6. The Hall–Kier alpha value is -3.22. The van der Waals surface area contributed by atoms with Crippen LogP contribution in [0.15, 0.2) is 42.5 Å². The number of nitrogens with one attached hydrogen (secondary N) is 2. The first kappa shape index (κ1) is 21.0. The van der Waals surface area contributed by atoms with Gasteiger partial charge in [0.25, 0.3) is 5.91 Å². The van der Waals surface area contributed by atoms with Crippen LogP contribution < -0.4 is 20.3 Å². The molecule has 7 heteroatoms. The van der Waals surface area contributed by atoms with Crippen molar-refractivity contribution in [2.45, 2.75) is 32.6 Å². The van der Waals surface area contributed by atoms with Crippen molar-refractivity contribution >= 4 is 29.0 Å². The third-order valence-electron chi connectivity index (χ3n) is 5.75. The van der Waals surface area contributed by atoms with E-state index in [1.165, 1.54) is 0 Å². The quantitative estimate of drug-likeness (QED) is 0.715. The van der Waals surface area contributed by atoms with E-state index in [9.17, 15) is 9.59 Å². The van der Waals surface area contributed by atoms with E-state index in [0.717, 1.165) is 63.3 Å². The molecule has 0 spiro atoms. The number of nitrogens with zero attached hydrogens (tertiary/aromatic N) is 2. The summed E-state index contributed by atoms with van der Waals surface area (Å²) < 4.78 is 5.42. The Bertz CT molecular complexity index is 917. The average molecular weight is 423 g/mol. The molecule has 4 rings (SSSR count). The Morgan fingerprint density at radius 2 is 1.48 bits per heavy atom. The summed E-state index contributed by atoms with van der Waals surface area (Å²) in [6, 6.07) is 12.5. The van der Waals surface area contributed by atoms with Crippen LogP contribution in [0.4, 0.5) is 21.9 Å². The lowest BCUT2D eigenvalue weighted by molar-refractivity contribution is 0.0793. The maximum Gasteiger partial charge on any atom is 0.323 e. The Morgan fingerprint density at radius 3 is 2.16 bits per heavy atom. The molecule has 7 nitrogen and oxygen atoms in total. The zero-order chi connectivity index (χ0) is 21.6. The van der Waals surface area contributed by atoms with E-state index in [2.05, 4.69) is 15.5 Å². The Balaban J connectivity index is 1.49. The largest absolute Gasteiger partial charge is 0.494 e. The van der Waals surface area contributed by atoms with Crippen LogP contribution in [0.2, 0.25) is 0 Å². The van der Waals surface area contributed by atoms with Crippen LogP contribution in [-0.4, -0.2) is 49.6 Å². The third kappa shape index (κ3) is 5.10. The predicted molar refractivity (Wildman–Crippen MR) is 123 cm³/mol. The fourth-order valence-corrected chi connectivity index (χ4v) is 4.20. The highest BCUT2D eigenvalue weighted by atomic mass is 16.5. The Morgan fingerprint density at radius 1 is 0.871 bits per heavy atom. The second-order valence-corrected chi connectivity index (χ2v) is 7.96. The van der Waals surface area contributed by atoms with Gasteiger partial charge >= 0.3 is 6.03 Å². The summed E-state index contributed by atoms with van der Waals surface area (Å²) in [5, 5.41) is 5.69. The van der Waals surface area contributed by atoms with Crippen LogP contribution in [0, 0.1) is 0 Å². The van der Waals surface area contributed by atoms with E-state index in [1.54, 1.807) is 12.1 Å². The molecule has 2 fully saturated rings. The van der Waals surface area contributed by atoms with Gasteiger partial charge in [-0.1, -0.05) is 0 Å². The molecule has 2 aliphatic heterocycles. The lowest BCUT2D eigenvalue weighted by atomic mass is 10.1. The standard InChI is InChI=1S/C24H30N4O3/c1-2-31-20-10-7-18(8-11-20)25-24(30)26-19-9-12-22(27-13-3-4-14-27)21(17-19)23(29)28-15-5-6-16-28/h7-12,17H,2-6,13-16H2,1H3,(H2,25,26,30). The minimum Gasteiger partial charge on any atom is -0.494 e. The monoisotopic (exact) mass is 422 g/mol. The van der Waals surface area contributed by atoms with Gasteiger partial charge in [0, 0.05) is 43.2 Å². The summed E-state index contributed by atoms with van der Waals surface area (Å²) in [5.74, 6) is 0.811. The maximum absolute atomic E-state index is 13.2. The van der Waals surface area contributed by atoms with Crippen LogP contribution in [0.25, 0.3) is 0 Å². The molecule has 31 heavy (non-hydrogen) atoms. The van der Waals surface area contributed by atoms with Gasteiger partial charge in [0.1, 0.15) is 5.75 Å². The van der Waals surface area contributed by atoms with Crippen LogP contribution in [-0.2, 0) is 0 Å². The first-order valence-corrected chi connectivity index (χ1v) is 11.1. The molecule has 2 heterocycles. The number of likely N-dealkylation sites (tertiary alicyclic amines) is 1. The van der Waals surface area contributed by atoms with Crippen molar-refractivity contribution in [2.75, 3.05) is 48.3 Å². The van der Waals surface area contributed by atoms with Gasteiger partial charge in [-0.25, -0.2) is 4.79 Å². The molecular weight excluding hydrogens is 392 g/mol. The molecule has 0 atom stereocenters. The van der Waals surface area contributed by atoms with E-state index >= 15 is 0 Å². The molecule has 2 N–H and O–H groups in total. The lowest BCUT2D eigenvalue weighted by Crippen LogP contribution is -2.30. The molecule has 0 radical (unpaired) electrons. The van der Waals surface area contributed by atoms with Crippen molar-refractivity contribution in [1.29, 1.82) is 0 Å². The first-order chi connectivity index (χ1) is 15.1. The Kier molecular flexibility index (Phi) is 6.60. The summed E-state index contributed by atoms with van der Waals surface area (Å²) in [6.45, 7) is 6.05. The van der Waals surface area contributed by atoms with Gasteiger partial charge < -0.3 is 25.2 Å². The third-order valence-corrected chi connectivity index (χ3v) is 5.75. The van der Waals surface area contributed by atoms with Crippen molar-refractivity contribution in [1.82, 2.24) is 4.90 Å². The molecule has 0 aromatic heterocycles. The topological polar surface area (TPSA) is 73.9 Å². The van der Waals surface area contributed by atoms with Crippen LogP contribution in [0.3, 0.4) is 0 Å². The highest BCUT2D eigenvalue weighted by Gasteiger charge is 2.25. The van der Waals surface area contributed by atoms with Gasteiger partial charge in [-0.3, -0.25) is 4.79 Å².